The molecule has 0 heterocycles. The van der Waals surface area contributed by atoms with Gasteiger partial charge in [-0.25, -0.2) is 0 Å². The number of amides is 2. The molecule has 0 aliphatic carbocycles. The zero-order valence-corrected chi connectivity index (χ0v) is 13.9. The van der Waals surface area contributed by atoms with Crippen LogP contribution in [0.25, 0.3) is 0 Å². The molecule has 2 amide bonds. The van der Waals surface area contributed by atoms with E-state index in [9.17, 15) is 9.59 Å². The van der Waals surface area contributed by atoms with E-state index in [1.165, 1.54) is 0 Å². The van der Waals surface area contributed by atoms with Gasteiger partial charge in [0.15, 0.2) is 6.10 Å². The Balaban J connectivity index is 2.02. The van der Waals surface area contributed by atoms with Crippen LogP contribution in [0, 0.1) is 0 Å². The van der Waals surface area contributed by atoms with Crippen LogP contribution >= 0.6 is 0 Å². The van der Waals surface area contributed by atoms with Crippen LogP contribution in [-0.4, -0.2) is 17.9 Å². The Labute approximate surface area is 142 Å². The Hall–Kier alpha value is -2.82. The molecule has 0 saturated heterocycles. The van der Waals surface area contributed by atoms with Gasteiger partial charge in [0.05, 0.1) is 11.4 Å². The summed E-state index contributed by atoms with van der Waals surface area (Å²) in [5, 5.41) is 5.61. The highest BCUT2D eigenvalue weighted by Crippen LogP contribution is 2.22. The fourth-order valence-corrected chi connectivity index (χ4v) is 2.13. The normalized spacial score (nSPS) is 11.4. The van der Waals surface area contributed by atoms with Crippen molar-refractivity contribution in [2.45, 2.75) is 32.8 Å². The summed E-state index contributed by atoms with van der Waals surface area (Å²) in [7, 11) is 0. The number of nitrogens with one attached hydrogen (secondary N) is 2. The van der Waals surface area contributed by atoms with Gasteiger partial charge in [-0.3, -0.25) is 9.59 Å². The van der Waals surface area contributed by atoms with Crippen LogP contribution in [0.1, 0.15) is 26.7 Å². The van der Waals surface area contributed by atoms with Crippen molar-refractivity contribution < 1.29 is 14.3 Å². The smallest absolute Gasteiger partial charge is 0.265 e. The van der Waals surface area contributed by atoms with Crippen molar-refractivity contribution in [2.24, 2.45) is 0 Å². The number of hydrogen-bond donors (Lipinski definition) is 2. The van der Waals surface area contributed by atoms with Gasteiger partial charge in [0.25, 0.3) is 5.91 Å². The van der Waals surface area contributed by atoms with E-state index in [1.54, 1.807) is 43.3 Å². The first kappa shape index (κ1) is 17.5. The van der Waals surface area contributed by atoms with Gasteiger partial charge in [0.1, 0.15) is 5.75 Å². The average molecular weight is 326 g/mol. The Morgan fingerprint density at radius 2 is 1.54 bits per heavy atom. The molecular formula is C19H22N2O3. The zero-order valence-electron chi connectivity index (χ0n) is 13.9. The Kier molecular flexibility index (Phi) is 6.37. The first-order chi connectivity index (χ1) is 11.6. The maximum atomic E-state index is 12.3. The summed E-state index contributed by atoms with van der Waals surface area (Å²) in [6.07, 6.45) is 0.546. The van der Waals surface area contributed by atoms with E-state index in [1.807, 2.05) is 25.1 Å². The van der Waals surface area contributed by atoms with Crippen LogP contribution in [0.3, 0.4) is 0 Å². The third-order valence-corrected chi connectivity index (χ3v) is 3.36. The summed E-state index contributed by atoms with van der Waals surface area (Å²) in [5.41, 5.74) is 1.13. The molecule has 0 bridgehead atoms. The SMILES string of the molecule is CCCC(=O)Nc1ccccc1NC(=O)C(C)Oc1ccccc1. The van der Waals surface area contributed by atoms with Gasteiger partial charge in [-0.1, -0.05) is 37.3 Å². The number of hydrogen-bond acceptors (Lipinski definition) is 3. The summed E-state index contributed by atoms with van der Waals surface area (Å²) < 4.78 is 5.61. The second-order valence-corrected chi connectivity index (χ2v) is 5.41. The van der Waals surface area contributed by atoms with Gasteiger partial charge in [-0.05, 0) is 37.6 Å². The molecule has 0 aliphatic rings. The molecule has 1 unspecified atom stereocenters. The van der Waals surface area contributed by atoms with Crippen LogP contribution in [0.2, 0.25) is 0 Å². The van der Waals surface area contributed by atoms with E-state index >= 15 is 0 Å². The monoisotopic (exact) mass is 326 g/mol. The summed E-state index contributed by atoms with van der Waals surface area (Å²) in [5.74, 6) is 0.272. The van der Waals surface area contributed by atoms with Gasteiger partial charge in [-0.2, -0.15) is 0 Å². The van der Waals surface area contributed by atoms with Crippen molar-refractivity contribution in [1.29, 1.82) is 0 Å². The first-order valence-electron chi connectivity index (χ1n) is 8.01. The number of para-hydroxylation sites is 3. The quantitative estimate of drug-likeness (QED) is 0.812. The summed E-state index contributed by atoms with van der Waals surface area (Å²) >= 11 is 0. The topological polar surface area (TPSA) is 67.4 Å². The fraction of sp³-hybridized carbons (Fsp3) is 0.263. The molecule has 0 radical (unpaired) electrons. The van der Waals surface area contributed by atoms with Gasteiger partial charge in [0, 0.05) is 6.42 Å². The minimum Gasteiger partial charge on any atom is -0.481 e. The van der Waals surface area contributed by atoms with E-state index in [2.05, 4.69) is 10.6 Å². The standard InChI is InChI=1S/C19H22N2O3/c1-3-9-18(22)20-16-12-7-8-13-17(16)21-19(23)14(2)24-15-10-5-4-6-11-15/h4-8,10-14H,3,9H2,1-2H3,(H,20,22)(H,21,23). The second kappa shape index (κ2) is 8.72. The number of benzene rings is 2. The van der Waals surface area contributed by atoms with Crippen LogP contribution in [-0.2, 0) is 9.59 Å². The van der Waals surface area contributed by atoms with E-state index in [0.717, 1.165) is 6.42 Å². The number of ether oxygens (including phenoxy) is 1. The van der Waals surface area contributed by atoms with Gasteiger partial charge in [0.2, 0.25) is 5.91 Å². The van der Waals surface area contributed by atoms with Crippen LogP contribution in [0.15, 0.2) is 54.6 Å². The predicted molar refractivity (Wildman–Crippen MR) is 95.1 cm³/mol. The molecule has 5 nitrogen and oxygen atoms in total. The van der Waals surface area contributed by atoms with E-state index in [-0.39, 0.29) is 11.8 Å². The highest BCUT2D eigenvalue weighted by molar-refractivity contribution is 6.00. The third-order valence-electron chi connectivity index (χ3n) is 3.36. The lowest BCUT2D eigenvalue weighted by Gasteiger charge is -2.16. The molecule has 0 aromatic heterocycles. The molecule has 2 aromatic rings. The Bertz CT molecular complexity index is 686. The molecule has 0 aliphatic heterocycles. The lowest BCUT2D eigenvalue weighted by atomic mass is 10.2. The molecule has 5 heteroatoms. The number of carbonyl (C=O) groups excluding carboxylic acids is 2. The second-order valence-electron chi connectivity index (χ2n) is 5.41. The van der Waals surface area contributed by atoms with Crippen LogP contribution < -0.4 is 15.4 Å². The summed E-state index contributed by atoms with van der Waals surface area (Å²) in [4.78, 5) is 24.1. The molecule has 0 saturated carbocycles. The highest BCUT2D eigenvalue weighted by atomic mass is 16.5. The molecule has 24 heavy (non-hydrogen) atoms. The van der Waals surface area contributed by atoms with Gasteiger partial charge in [-0.15, -0.1) is 0 Å². The Morgan fingerprint density at radius 3 is 2.17 bits per heavy atom. The molecule has 0 fully saturated rings. The lowest BCUT2D eigenvalue weighted by molar-refractivity contribution is -0.122. The van der Waals surface area contributed by atoms with Crippen molar-refractivity contribution in [3.8, 4) is 5.75 Å². The van der Waals surface area contributed by atoms with Crippen molar-refractivity contribution >= 4 is 23.2 Å². The number of carbonyl (C=O) groups is 2. The lowest BCUT2D eigenvalue weighted by Crippen LogP contribution is -2.30. The minimum absolute atomic E-state index is 0.0761. The molecule has 2 aromatic carbocycles. The average Bonchev–Trinajstić information content (AvgIpc) is 2.57. The first-order valence-corrected chi connectivity index (χ1v) is 8.01. The Morgan fingerprint density at radius 1 is 0.958 bits per heavy atom. The molecule has 1 atom stereocenters. The number of rotatable bonds is 7. The maximum Gasteiger partial charge on any atom is 0.265 e. The van der Waals surface area contributed by atoms with Crippen molar-refractivity contribution in [3.63, 3.8) is 0 Å². The van der Waals surface area contributed by atoms with Gasteiger partial charge >= 0.3 is 0 Å². The summed E-state index contributed by atoms with van der Waals surface area (Å²) in [6, 6.07) is 16.3. The van der Waals surface area contributed by atoms with E-state index < -0.39 is 6.10 Å². The van der Waals surface area contributed by atoms with E-state index in [4.69, 9.17) is 4.74 Å². The highest BCUT2D eigenvalue weighted by Gasteiger charge is 2.16. The summed E-state index contributed by atoms with van der Waals surface area (Å²) in [6.45, 7) is 3.62. The molecule has 2 N–H and O–H groups in total. The predicted octanol–water partition coefficient (Wildman–Crippen LogP) is 3.83. The maximum absolute atomic E-state index is 12.3. The minimum atomic E-state index is -0.660. The molecule has 0 spiro atoms. The zero-order chi connectivity index (χ0) is 17.4. The van der Waals surface area contributed by atoms with Crippen molar-refractivity contribution in [3.05, 3.63) is 54.6 Å². The third kappa shape index (κ3) is 5.12. The number of anilines is 2. The van der Waals surface area contributed by atoms with Crippen molar-refractivity contribution in [1.82, 2.24) is 0 Å². The van der Waals surface area contributed by atoms with Crippen LogP contribution in [0.5, 0.6) is 5.75 Å². The molecule has 2 rings (SSSR count). The largest absolute Gasteiger partial charge is 0.481 e. The molecular weight excluding hydrogens is 304 g/mol. The van der Waals surface area contributed by atoms with Crippen LogP contribution in [0.4, 0.5) is 11.4 Å². The van der Waals surface area contributed by atoms with Gasteiger partial charge < -0.3 is 15.4 Å². The molecule has 126 valence electrons. The van der Waals surface area contributed by atoms with E-state index in [0.29, 0.717) is 23.5 Å². The van der Waals surface area contributed by atoms with Crippen molar-refractivity contribution in [2.75, 3.05) is 10.6 Å². The fourth-order valence-electron chi connectivity index (χ4n) is 2.13.